The highest BCUT2D eigenvalue weighted by atomic mass is 32.2. The van der Waals surface area contributed by atoms with E-state index < -0.39 is 16.1 Å². The summed E-state index contributed by atoms with van der Waals surface area (Å²) in [6.07, 6.45) is 9.29. The maximum atomic E-state index is 10.8. The van der Waals surface area contributed by atoms with Crippen molar-refractivity contribution in [2.24, 2.45) is 0 Å². The average molecular weight is 371 g/mol. The number of rotatable bonds is 14. The van der Waals surface area contributed by atoms with E-state index in [2.05, 4.69) is 5.32 Å². The van der Waals surface area contributed by atoms with Crippen molar-refractivity contribution in [1.82, 2.24) is 0 Å². The molecule has 0 aliphatic rings. The number of aromatic carboxylic acids is 1. The molecule has 0 saturated heterocycles. The quantitative estimate of drug-likeness (QED) is 0.334. The highest BCUT2D eigenvalue weighted by Crippen LogP contribution is 2.12. The maximum absolute atomic E-state index is 10.8. The van der Waals surface area contributed by atoms with E-state index in [1.165, 1.54) is 12.8 Å². The molecule has 1 rings (SSSR count). The molecule has 3 N–H and O–H groups in total. The lowest BCUT2D eigenvalue weighted by molar-refractivity contribution is 0.0697. The van der Waals surface area contributed by atoms with E-state index in [9.17, 15) is 13.2 Å². The molecule has 0 saturated carbocycles. The highest BCUT2D eigenvalue weighted by molar-refractivity contribution is 7.85. The van der Waals surface area contributed by atoms with Gasteiger partial charge in [-0.25, -0.2) is 4.79 Å². The average Bonchev–Trinajstić information content (AvgIpc) is 2.55. The zero-order chi connectivity index (χ0) is 18.5. The summed E-state index contributed by atoms with van der Waals surface area (Å²) in [6.45, 7) is 0.877. The number of carbonyl (C=O) groups is 1. The molecule has 0 bridgehead atoms. The van der Waals surface area contributed by atoms with Crippen molar-refractivity contribution < 1.29 is 22.9 Å². The number of unbranched alkanes of at least 4 members (excludes halogenated alkanes) is 8. The molecule has 0 heterocycles. The molecule has 0 fully saturated rings. The Balaban J connectivity index is 1.91. The molecule has 1 aromatic rings. The van der Waals surface area contributed by atoms with Crippen LogP contribution in [0.1, 0.15) is 68.1 Å². The summed E-state index contributed by atoms with van der Waals surface area (Å²) >= 11 is 0. The maximum Gasteiger partial charge on any atom is 0.335 e. The van der Waals surface area contributed by atoms with Crippen LogP contribution in [0.5, 0.6) is 0 Å². The van der Waals surface area contributed by atoms with Crippen LogP contribution in [0.15, 0.2) is 24.3 Å². The van der Waals surface area contributed by atoms with Gasteiger partial charge in [-0.1, -0.05) is 44.9 Å². The van der Waals surface area contributed by atoms with Crippen LogP contribution in [0, 0.1) is 0 Å². The van der Waals surface area contributed by atoms with Crippen LogP contribution in [-0.4, -0.2) is 36.3 Å². The van der Waals surface area contributed by atoms with Crippen LogP contribution in [0.3, 0.4) is 0 Å². The number of anilines is 1. The fourth-order valence-electron chi connectivity index (χ4n) is 2.61. The molecule has 0 amide bonds. The van der Waals surface area contributed by atoms with Gasteiger partial charge in [0.2, 0.25) is 0 Å². The first-order valence-electron chi connectivity index (χ1n) is 8.91. The second-order valence-electron chi connectivity index (χ2n) is 6.28. The van der Waals surface area contributed by atoms with Gasteiger partial charge in [0.05, 0.1) is 11.3 Å². The second-order valence-corrected chi connectivity index (χ2v) is 7.85. The van der Waals surface area contributed by atoms with E-state index in [1.807, 2.05) is 0 Å². The zero-order valence-corrected chi connectivity index (χ0v) is 15.4. The van der Waals surface area contributed by atoms with Crippen molar-refractivity contribution in [2.45, 2.75) is 57.8 Å². The van der Waals surface area contributed by atoms with E-state index in [0.717, 1.165) is 50.8 Å². The second kappa shape index (κ2) is 11.9. The van der Waals surface area contributed by atoms with Gasteiger partial charge in [-0.2, -0.15) is 8.42 Å². The largest absolute Gasteiger partial charge is 0.478 e. The molecular weight excluding hydrogens is 342 g/mol. The Morgan fingerprint density at radius 3 is 1.80 bits per heavy atom. The van der Waals surface area contributed by atoms with Gasteiger partial charge in [0.1, 0.15) is 0 Å². The molecule has 25 heavy (non-hydrogen) atoms. The normalized spacial score (nSPS) is 11.4. The van der Waals surface area contributed by atoms with Gasteiger partial charge >= 0.3 is 5.97 Å². The molecule has 0 atom stereocenters. The van der Waals surface area contributed by atoms with Crippen molar-refractivity contribution in [2.75, 3.05) is 17.6 Å². The number of carboxylic acids is 1. The molecule has 0 aromatic heterocycles. The Hall–Kier alpha value is -1.60. The van der Waals surface area contributed by atoms with E-state index >= 15 is 0 Å². The fraction of sp³-hybridized carbons (Fsp3) is 0.611. The van der Waals surface area contributed by atoms with Crippen LogP contribution in [0.25, 0.3) is 0 Å². The van der Waals surface area contributed by atoms with Gasteiger partial charge in [-0.05, 0) is 37.1 Å². The third kappa shape index (κ3) is 11.6. The van der Waals surface area contributed by atoms with Crippen molar-refractivity contribution in [3.8, 4) is 0 Å². The van der Waals surface area contributed by atoms with Crippen LogP contribution in [0.4, 0.5) is 5.69 Å². The molecule has 0 radical (unpaired) electrons. The van der Waals surface area contributed by atoms with Gasteiger partial charge < -0.3 is 10.4 Å². The van der Waals surface area contributed by atoms with Crippen LogP contribution >= 0.6 is 0 Å². The minimum atomic E-state index is -3.79. The molecule has 0 spiro atoms. The zero-order valence-electron chi connectivity index (χ0n) is 14.6. The number of benzene rings is 1. The lowest BCUT2D eigenvalue weighted by Gasteiger charge is -2.07. The Morgan fingerprint density at radius 2 is 1.32 bits per heavy atom. The Labute approximate surface area is 150 Å². The molecule has 0 aliphatic heterocycles. The summed E-state index contributed by atoms with van der Waals surface area (Å²) in [7, 11) is -3.79. The Kier molecular flexibility index (Phi) is 10.2. The number of hydrogen-bond donors (Lipinski definition) is 3. The Morgan fingerprint density at radius 1 is 0.840 bits per heavy atom. The predicted octanol–water partition coefficient (Wildman–Crippen LogP) is 4.20. The summed E-state index contributed by atoms with van der Waals surface area (Å²) in [4.78, 5) is 10.8. The SMILES string of the molecule is O=C(O)c1ccc(NCCCCCCCCCCCS(=O)(=O)O)cc1. The summed E-state index contributed by atoms with van der Waals surface area (Å²) < 4.78 is 29.7. The summed E-state index contributed by atoms with van der Waals surface area (Å²) in [5, 5.41) is 12.1. The van der Waals surface area contributed by atoms with Crippen molar-refractivity contribution in [3.63, 3.8) is 0 Å². The van der Waals surface area contributed by atoms with Crippen LogP contribution in [-0.2, 0) is 10.1 Å². The van der Waals surface area contributed by atoms with E-state index in [0.29, 0.717) is 12.0 Å². The molecular formula is C18H29NO5S. The third-order valence-corrected chi connectivity index (χ3v) is 4.84. The van der Waals surface area contributed by atoms with E-state index in [1.54, 1.807) is 24.3 Å². The highest BCUT2D eigenvalue weighted by Gasteiger charge is 2.03. The van der Waals surface area contributed by atoms with Gasteiger partial charge in [-0.3, -0.25) is 4.55 Å². The first-order chi connectivity index (χ1) is 11.9. The summed E-state index contributed by atoms with van der Waals surface area (Å²) in [5.41, 5.74) is 1.23. The molecule has 7 heteroatoms. The smallest absolute Gasteiger partial charge is 0.335 e. The molecule has 142 valence electrons. The van der Waals surface area contributed by atoms with Gasteiger partial charge in [0.25, 0.3) is 10.1 Å². The lowest BCUT2D eigenvalue weighted by Crippen LogP contribution is -2.03. The minimum Gasteiger partial charge on any atom is -0.478 e. The topological polar surface area (TPSA) is 104 Å². The molecule has 1 aromatic carbocycles. The molecule has 0 aliphatic carbocycles. The minimum absolute atomic E-state index is 0.126. The first-order valence-corrected chi connectivity index (χ1v) is 10.5. The molecule has 0 unspecified atom stereocenters. The van der Waals surface area contributed by atoms with Crippen LogP contribution < -0.4 is 5.32 Å². The summed E-state index contributed by atoms with van der Waals surface area (Å²) in [5.74, 6) is -1.04. The summed E-state index contributed by atoms with van der Waals surface area (Å²) in [6, 6.07) is 6.76. The van der Waals surface area contributed by atoms with Gasteiger partial charge in [0.15, 0.2) is 0 Å². The van der Waals surface area contributed by atoms with E-state index in [-0.39, 0.29) is 5.75 Å². The van der Waals surface area contributed by atoms with Crippen LogP contribution in [0.2, 0.25) is 0 Å². The predicted molar refractivity (Wildman–Crippen MR) is 99.9 cm³/mol. The van der Waals surface area contributed by atoms with Gasteiger partial charge in [0, 0.05) is 12.2 Å². The fourth-order valence-corrected chi connectivity index (χ4v) is 3.18. The van der Waals surface area contributed by atoms with Crippen molar-refractivity contribution in [1.29, 1.82) is 0 Å². The number of carboxylic acid groups (broad SMARTS) is 1. The van der Waals surface area contributed by atoms with Gasteiger partial charge in [-0.15, -0.1) is 0 Å². The van der Waals surface area contributed by atoms with Crippen molar-refractivity contribution >= 4 is 21.8 Å². The standard InChI is InChI=1S/C18H29NO5S/c20-18(21)16-10-12-17(13-11-16)19-14-8-6-4-2-1-3-5-7-9-15-25(22,23)24/h10-13,19H,1-9,14-15H2,(H,20,21)(H,22,23,24). The first kappa shape index (κ1) is 21.4. The number of hydrogen-bond acceptors (Lipinski definition) is 4. The lowest BCUT2D eigenvalue weighted by atomic mass is 10.1. The van der Waals surface area contributed by atoms with Crippen molar-refractivity contribution in [3.05, 3.63) is 29.8 Å². The molecule has 6 nitrogen and oxygen atoms in total. The monoisotopic (exact) mass is 371 g/mol. The number of nitrogens with one attached hydrogen (secondary N) is 1. The third-order valence-electron chi connectivity index (χ3n) is 4.04. The van der Waals surface area contributed by atoms with E-state index in [4.69, 9.17) is 9.66 Å². The Bertz CT molecular complexity index is 598.